The van der Waals surface area contributed by atoms with Crippen LogP contribution < -0.4 is 0 Å². The summed E-state index contributed by atoms with van der Waals surface area (Å²) in [5.41, 5.74) is 0. The predicted octanol–water partition coefficient (Wildman–Crippen LogP) is -5.12. The molecule has 0 saturated carbocycles. The maximum Gasteiger partial charge on any atom is 0.338 e. The standard InChI is InChI=1S/C4H8O6S2.C4H8O5S2.C3H5FO6S2.2C3H6O6S2.C3H6O5S2/c1-3-9-11(5,6)4(2)12(7,8)10-3;1-4-8-10(2,5)3-11(6,7)9-4;1-2-11(5,6)9-3(4)10-12(2,7)8;2*1-3-10(4,5)8-2-9-11(3,6)7;1-9(4)3-10(5,6)8-2-7-9/h3-4H,1-2H3;4H,2-3H2,1H3;2-3H,1H3;2*3H,2H2,1H3;1-3H2. The van der Waals surface area contributed by atoms with Gasteiger partial charge in [-0.2, -0.15) is 88.6 Å². The highest BCUT2D eigenvalue weighted by molar-refractivity contribution is 8.09. The van der Waals surface area contributed by atoms with Crippen molar-refractivity contribution in [1.29, 1.82) is 0 Å². The molecule has 0 aromatic rings. The molecule has 47 heteroatoms. The van der Waals surface area contributed by atoms with Gasteiger partial charge in [0.05, 0.1) is 19.6 Å². The lowest BCUT2D eigenvalue weighted by atomic mass is 10.8. The summed E-state index contributed by atoms with van der Waals surface area (Å²) in [5.74, 6) is 6.19. The molecule has 67 heavy (non-hydrogen) atoms. The minimum Gasteiger partial charge on any atom is -0.267 e. The van der Waals surface area contributed by atoms with E-state index in [1.165, 1.54) is 13.8 Å². The van der Waals surface area contributed by atoms with Gasteiger partial charge in [-0.3, -0.25) is 8.37 Å². The third-order valence-electron chi connectivity index (χ3n) is 6.79. The van der Waals surface area contributed by atoms with Crippen molar-refractivity contribution in [2.75, 3.05) is 30.5 Å². The van der Waals surface area contributed by atoms with Gasteiger partial charge in [-0.1, -0.05) is 0 Å². The highest BCUT2D eigenvalue weighted by Gasteiger charge is 2.46. The molecule has 6 fully saturated rings. The summed E-state index contributed by atoms with van der Waals surface area (Å²) in [5, 5.41) is -1.32. The van der Waals surface area contributed by atoms with Crippen molar-refractivity contribution in [2.24, 2.45) is 0 Å². The van der Waals surface area contributed by atoms with Crippen LogP contribution >= 0.6 is 0 Å². The molecule has 0 aliphatic carbocycles. The Morgan fingerprint density at radius 2 is 0.597 bits per heavy atom. The molecule has 0 radical (unpaired) electrons. The van der Waals surface area contributed by atoms with Crippen molar-refractivity contribution in [3.63, 3.8) is 0 Å². The van der Waals surface area contributed by atoms with E-state index in [2.05, 4.69) is 61.9 Å². The lowest BCUT2D eigenvalue weighted by Crippen LogP contribution is -2.40. The minimum atomic E-state index is -4.41. The zero-order valence-electron chi connectivity index (χ0n) is 34.1. The lowest BCUT2D eigenvalue weighted by Gasteiger charge is -2.23. The molecule has 0 bridgehead atoms. The Kier molecular flexibility index (Phi) is 21.4. The molecule has 6 heterocycles. The number of hydrogen-bond donors (Lipinski definition) is 0. The molecule has 6 aliphatic rings. The molecule has 0 aromatic heterocycles. The van der Waals surface area contributed by atoms with Gasteiger partial charge < -0.3 is 0 Å². The quantitative estimate of drug-likeness (QED) is 0.162. The minimum absolute atomic E-state index is 0.495. The first-order chi connectivity index (χ1) is 29.5. The molecule has 0 amide bonds. The topological polar surface area (TPSA) is 486 Å². The van der Waals surface area contributed by atoms with E-state index in [4.69, 9.17) is 0 Å². The van der Waals surface area contributed by atoms with Gasteiger partial charge >= 0.3 is 6.54 Å². The van der Waals surface area contributed by atoms with Crippen LogP contribution in [0.15, 0.2) is 0 Å². The van der Waals surface area contributed by atoms with Gasteiger partial charge in [-0.05, 0) is 53.3 Å². The van der Waals surface area contributed by atoms with Gasteiger partial charge in [0, 0.05) is 0 Å². The SMILES string of the molecule is C=S1(=O)CS(=O)(=O)OC(C)O1.C=S1(=O)CS(=O)(=O)OCO1.CC1OS(=O)(=O)C(C)S(=O)(=O)O1.CC1S(=O)(=O)OC(F)OS1(=O)=O.CC1S(=O)(=O)OCOS1(=O)=O.CC1S(=O)(=O)OCOS1(=O)=O. The average Bonchev–Trinajstić information content (AvgIpc) is 3.05. The molecular weight excluding hydrogens is 1190 g/mol. The second-order valence-electron chi connectivity index (χ2n) is 12.1. The number of alkyl halides is 1. The maximum absolute atomic E-state index is 12.1. The second kappa shape index (κ2) is 22.4. The van der Waals surface area contributed by atoms with Gasteiger partial charge in [-0.15, -0.1) is 0 Å². The van der Waals surface area contributed by atoms with E-state index in [-0.39, 0.29) is 0 Å². The van der Waals surface area contributed by atoms with Crippen molar-refractivity contribution in [2.45, 2.75) is 79.0 Å². The molecule has 0 N–H and O–H groups in total. The maximum atomic E-state index is 12.1. The first kappa shape index (κ1) is 64.0. The average molecular weight is 1230 g/mol. The molecular formula is C20H39FO34S12. The zero-order chi connectivity index (χ0) is 53.1. The van der Waals surface area contributed by atoms with Crippen LogP contribution in [0.2, 0.25) is 0 Å². The molecule has 6 aliphatic heterocycles. The molecule has 0 spiro atoms. The Bertz CT molecular complexity index is 2820. The monoisotopic (exact) mass is 1230 g/mol. The summed E-state index contributed by atoms with van der Waals surface area (Å²) in [7, 11) is -46.0. The first-order valence-corrected chi connectivity index (χ1v) is 34.7. The lowest BCUT2D eigenvalue weighted by molar-refractivity contribution is -0.0955. The second-order valence-corrected chi connectivity index (χ2v) is 36.5. The van der Waals surface area contributed by atoms with E-state index in [9.17, 15) is 97.0 Å². The fourth-order valence-corrected chi connectivity index (χ4v) is 18.9. The number of halogens is 1. The van der Waals surface area contributed by atoms with Crippen LogP contribution in [-0.2, 0) is 171 Å². The summed E-state index contributed by atoms with van der Waals surface area (Å²) in [4.78, 5) is 0. The van der Waals surface area contributed by atoms with Crippen LogP contribution in [0.4, 0.5) is 4.39 Å². The summed E-state index contributed by atoms with van der Waals surface area (Å²) in [6.07, 6.45) is -2.27. The first-order valence-electron chi connectivity index (χ1n) is 16.1. The largest absolute Gasteiger partial charge is 0.338 e. The third kappa shape index (κ3) is 20.2. The normalized spacial score (nSPS) is 36.9. The van der Waals surface area contributed by atoms with Crippen LogP contribution in [0.25, 0.3) is 0 Å². The Morgan fingerprint density at radius 1 is 0.328 bits per heavy atom. The molecule has 3 unspecified atom stereocenters. The summed E-state index contributed by atoms with van der Waals surface area (Å²) in [6.45, 7) is 1.58. The van der Waals surface area contributed by atoms with Gasteiger partial charge in [0.2, 0.25) is 18.3 Å². The van der Waals surface area contributed by atoms with Gasteiger partial charge in [0.25, 0.3) is 101 Å². The molecule has 34 nitrogen and oxygen atoms in total. The van der Waals surface area contributed by atoms with Crippen LogP contribution in [0.3, 0.4) is 0 Å². The van der Waals surface area contributed by atoms with Crippen molar-refractivity contribution in [3.05, 3.63) is 0 Å². The highest BCUT2D eigenvalue weighted by atomic mass is 32.3. The Labute approximate surface area is 386 Å². The smallest absolute Gasteiger partial charge is 0.267 e. The summed E-state index contributed by atoms with van der Waals surface area (Å²) in [6, 6.07) is 0. The van der Waals surface area contributed by atoms with E-state index >= 15 is 0 Å². The number of rotatable bonds is 0. The van der Waals surface area contributed by atoms with Crippen molar-refractivity contribution in [1.82, 2.24) is 0 Å². The summed E-state index contributed by atoms with van der Waals surface area (Å²) >= 11 is 0. The fourth-order valence-electron chi connectivity index (χ4n) is 3.42. The Balaban J connectivity index is 0.000000402. The van der Waals surface area contributed by atoms with E-state index in [1.807, 2.05) is 0 Å². The third-order valence-corrected chi connectivity index (χ3v) is 29.9. The molecule has 0 aromatic carbocycles. The van der Waals surface area contributed by atoms with Crippen LogP contribution in [0, 0.1) is 0 Å². The summed E-state index contributed by atoms with van der Waals surface area (Å²) < 4.78 is 292. The van der Waals surface area contributed by atoms with Crippen molar-refractivity contribution < 1.29 is 147 Å². The number of hydrogen-bond acceptors (Lipinski definition) is 34. The molecule has 3 atom stereocenters. The van der Waals surface area contributed by atoms with Gasteiger partial charge in [0.1, 0.15) is 0 Å². The fraction of sp³-hybridized carbons (Fsp3) is 0.900. The molecule has 402 valence electrons. The van der Waals surface area contributed by atoms with Gasteiger partial charge in [-0.25, -0.2) is 50.2 Å². The molecule has 6 rings (SSSR count). The van der Waals surface area contributed by atoms with E-state index in [0.717, 1.165) is 27.7 Å². The van der Waals surface area contributed by atoms with Gasteiger partial charge in [0.15, 0.2) is 43.1 Å². The Morgan fingerprint density at radius 3 is 0.851 bits per heavy atom. The van der Waals surface area contributed by atoms with E-state index < -0.39 is 189 Å². The van der Waals surface area contributed by atoms with Crippen molar-refractivity contribution >= 4 is 133 Å². The van der Waals surface area contributed by atoms with E-state index in [0.29, 0.717) is 0 Å². The Hall–Kier alpha value is -1.01. The predicted molar refractivity (Wildman–Crippen MR) is 219 cm³/mol. The zero-order valence-corrected chi connectivity index (χ0v) is 43.9. The molecule has 6 saturated heterocycles. The van der Waals surface area contributed by atoms with Crippen LogP contribution in [0.1, 0.15) is 41.5 Å². The highest BCUT2D eigenvalue weighted by Crippen LogP contribution is 2.25. The van der Waals surface area contributed by atoms with Crippen LogP contribution in [-0.4, -0.2) is 172 Å². The van der Waals surface area contributed by atoms with Crippen LogP contribution in [0.5, 0.6) is 0 Å². The van der Waals surface area contributed by atoms with Crippen molar-refractivity contribution in [3.8, 4) is 0 Å². The van der Waals surface area contributed by atoms with E-state index in [1.54, 1.807) is 0 Å².